The second kappa shape index (κ2) is 7.61. The monoisotopic (exact) mass is 293 g/mol. The molecule has 1 aromatic rings. The van der Waals surface area contributed by atoms with Gasteiger partial charge >= 0.3 is 6.09 Å². The van der Waals surface area contributed by atoms with Gasteiger partial charge in [0.2, 0.25) is 0 Å². The first-order valence-corrected chi connectivity index (χ1v) is 6.95. The molecule has 0 saturated carbocycles. The maximum Gasteiger partial charge on any atom is 0.407 e. The number of nitrogens with one attached hydrogen (secondary N) is 2. The molecule has 0 unspecified atom stereocenters. The van der Waals surface area contributed by atoms with Crippen LogP contribution in [-0.2, 0) is 4.74 Å². The van der Waals surface area contributed by atoms with Crippen molar-refractivity contribution < 1.29 is 14.3 Å². The average Bonchev–Trinajstić information content (AvgIpc) is 2.37. The summed E-state index contributed by atoms with van der Waals surface area (Å²) < 4.78 is 5.12. The van der Waals surface area contributed by atoms with E-state index in [0.717, 1.165) is 0 Å². The van der Waals surface area contributed by atoms with Crippen LogP contribution in [0.25, 0.3) is 0 Å². The fourth-order valence-corrected chi connectivity index (χ4v) is 1.58. The highest BCUT2D eigenvalue weighted by atomic mass is 16.6. The first-order chi connectivity index (χ1) is 9.78. The molecule has 0 spiro atoms. The minimum Gasteiger partial charge on any atom is -0.444 e. The summed E-state index contributed by atoms with van der Waals surface area (Å²) >= 11 is 0. The van der Waals surface area contributed by atoms with Gasteiger partial charge in [-0.1, -0.05) is 0 Å². The van der Waals surface area contributed by atoms with Crippen molar-refractivity contribution in [3.05, 3.63) is 30.1 Å². The third-order valence-electron chi connectivity index (χ3n) is 2.55. The van der Waals surface area contributed by atoms with E-state index in [1.54, 1.807) is 18.3 Å². The molecule has 6 nitrogen and oxygen atoms in total. The minimum absolute atomic E-state index is 0.0624. The lowest BCUT2D eigenvalue weighted by atomic mass is 10.2. The first-order valence-electron chi connectivity index (χ1n) is 6.95. The lowest BCUT2D eigenvalue weighted by Crippen LogP contribution is -2.37. The summed E-state index contributed by atoms with van der Waals surface area (Å²) in [7, 11) is 0. The van der Waals surface area contributed by atoms with Gasteiger partial charge in [-0.25, -0.2) is 4.79 Å². The Morgan fingerprint density at radius 1 is 1.38 bits per heavy atom. The number of rotatable bonds is 5. The summed E-state index contributed by atoms with van der Waals surface area (Å²) in [6.45, 7) is 7.74. The van der Waals surface area contributed by atoms with E-state index >= 15 is 0 Å². The van der Waals surface area contributed by atoms with Crippen molar-refractivity contribution in [2.45, 2.75) is 45.8 Å². The Balaban J connectivity index is 2.27. The quantitative estimate of drug-likeness (QED) is 0.871. The van der Waals surface area contributed by atoms with E-state index in [1.165, 1.54) is 6.20 Å². The molecule has 0 aromatic carbocycles. The van der Waals surface area contributed by atoms with Crippen LogP contribution < -0.4 is 10.6 Å². The number of nitrogens with zero attached hydrogens (tertiary/aromatic N) is 1. The van der Waals surface area contributed by atoms with Crippen LogP contribution in [0.2, 0.25) is 0 Å². The lowest BCUT2D eigenvalue weighted by Gasteiger charge is -2.20. The van der Waals surface area contributed by atoms with Crippen molar-refractivity contribution >= 4 is 12.0 Å². The van der Waals surface area contributed by atoms with Crippen LogP contribution in [0.4, 0.5) is 4.79 Å². The Morgan fingerprint density at radius 2 is 2.10 bits per heavy atom. The van der Waals surface area contributed by atoms with Gasteiger partial charge in [0, 0.05) is 25.0 Å². The summed E-state index contributed by atoms with van der Waals surface area (Å²) in [5.41, 5.74) is 0.00831. The molecule has 0 aliphatic carbocycles. The van der Waals surface area contributed by atoms with Gasteiger partial charge in [-0.05, 0) is 46.2 Å². The van der Waals surface area contributed by atoms with Crippen LogP contribution in [0.5, 0.6) is 0 Å². The van der Waals surface area contributed by atoms with Gasteiger partial charge in [0.1, 0.15) is 5.60 Å². The maximum atomic E-state index is 11.9. The van der Waals surface area contributed by atoms with Crippen LogP contribution in [0, 0.1) is 0 Å². The highest BCUT2D eigenvalue weighted by molar-refractivity contribution is 5.93. The fraction of sp³-hybridized carbons (Fsp3) is 0.533. The average molecular weight is 293 g/mol. The van der Waals surface area contributed by atoms with Crippen LogP contribution in [0.3, 0.4) is 0 Å². The predicted molar refractivity (Wildman–Crippen MR) is 80.0 cm³/mol. The maximum absolute atomic E-state index is 11.9. The molecule has 6 heteroatoms. The van der Waals surface area contributed by atoms with E-state index in [9.17, 15) is 9.59 Å². The summed E-state index contributed by atoms with van der Waals surface area (Å²) in [4.78, 5) is 27.2. The third-order valence-corrected chi connectivity index (χ3v) is 2.55. The number of alkyl carbamates (subject to hydrolysis) is 1. The van der Waals surface area contributed by atoms with E-state index in [4.69, 9.17) is 4.74 Å². The molecule has 21 heavy (non-hydrogen) atoms. The molecule has 0 saturated heterocycles. The molecule has 0 radical (unpaired) electrons. The Kier molecular flexibility index (Phi) is 6.14. The normalized spacial score (nSPS) is 12.4. The molecule has 0 aliphatic rings. The highest BCUT2D eigenvalue weighted by Gasteiger charge is 2.16. The van der Waals surface area contributed by atoms with Crippen molar-refractivity contribution in [2.24, 2.45) is 0 Å². The third kappa shape index (κ3) is 7.29. The summed E-state index contributed by atoms with van der Waals surface area (Å²) in [5.74, 6) is -0.173. The zero-order chi connectivity index (χ0) is 15.9. The van der Waals surface area contributed by atoms with Gasteiger partial charge in [-0.2, -0.15) is 0 Å². The predicted octanol–water partition coefficient (Wildman–Crippen LogP) is 2.11. The van der Waals surface area contributed by atoms with Crippen LogP contribution in [-0.4, -0.2) is 35.2 Å². The van der Waals surface area contributed by atoms with Crippen molar-refractivity contribution in [3.63, 3.8) is 0 Å². The number of amides is 2. The van der Waals surface area contributed by atoms with Crippen molar-refractivity contribution in [1.29, 1.82) is 0 Å². The molecule has 0 bridgehead atoms. The molecule has 0 fully saturated rings. The zero-order valence-electron chi connectivity index (χ0n) is 13.0. The largest absolute Gasteiger partial charge is 0.444 e. The molecule has 1 heterocycles. The second-order valence-corrected chi connectivity index (χ2v) is 5.83. The van der Waals surface area contributed by atoms with E-state index in [-0.39, 0.29) is 11.9 Å². The van der Waals surface area contributed by atoms with E-state index < -0.39 is 11.7 Å². The lowest BCUT2D eigenvalue weighted by molar-refractivity contribution is 0.0526. The van der Waals surface area contributed by atoms with Gasteiger partial charge in [-0.3, -0.25) is 9.78 Å². The summed E-state index contributed by atoms with van der Waals surface area (Å²) in [6.07, 6.45) is 3.30. The second-order valence-electron chi connectivity index (χ2n) is 5.83. The van der Waals surface area contributed by atoms with E-state index in [0.29, 0.717) is 18.5 Å². The number of carbonyl (C=O) groups excluding carboxylic acids is 2. The summed E-state index contributed by atoms with van der Waals surface area (Å²) in [5, 5.41) is 5.51. The number of ether oxygens (including phenoxy) is 1. The van der Waals surface area contributed by atoms with Crippen LogP contribution >= 0.6 is 0 Å². The molecule has 2 amide bonds. The standard InChI is InChI=1S/C15H23N3O3/c1-11(7-9-17-14(20)21-15(2,3)4)18-13(19)12-6-5-8-16-10-12/h5-6,8,10-11H,7,9H2,1-4H3,(H,17,20)(H,18,19)/t11-/m0/s1. The molecule has 1 atom stereocenters. The van der Waals surface area contributed by atoms with Crippen molar-refractivity contribution in [2.75, 3.05) is 6.54 Å². The van der Waals surface area contributed by atoms with E-state index in [2.05, 4.69) is 15.6 Å². The van der Waals surface area contributed by atoms with Crippen LogP contribution in [0.1, 0.15) is 44.5 Å². The van der Waals surface area contributed by atoms with Crippen molar-refractivity contribution in [1.82, 2.24) is 15.6 Å². The topological polar surface area (TPSA) is 80.3 Å². The Hall–Kier alpha value is -2.11. The smallest absolute Gasteiger partial charge is 0.407 e. The molecule has 0 aliphatic heterocycles. The van der Waals surface area contributed by atoms with Gasteiger partial charge in [0.05, 0.1) is 5.56 Å². The van der Waals surface area contributed by atoms with Crippen molar-refractivity contribution in [3.8, 4) is 0 Å². The SMILES string of the molecule is C[C@@H](CCNC(=O)OC(C)(C)C)NC(=O)c1cccnc1. The zero-order valence-corrected chi connectivity index (χ0v) is 13.0. The molecular weight excluding hydrogens is 270 g/mol. The van der Waals surface area contributed by atoms with E-state index in [1.807, 2.05) is 27.7 Å². The van der Waals surface area contributed by atoms with Gasteiger partial charge in [0.15, 0.2) is 0 Å². The molecule has 1 rings (SSSR count). The number of hydrogen-bond acceptors (Lipinski definition) is 4. The minimum atomic E-state index is -0.510. The molecule has 116 valence electrons. The van der Waals surface area contributed by atoms with Gasteiger partial charge in [-0.15, -0.1) is 0 Å². The summed E-state index contributed by atoms with van der Waals surface area (Å²) in [6, 6.07) is 3.35. The number of hydrogen-bond donors (Lipinski definition) is 2. The molecule has 2 N–H and O–H groups in total. The number of aromatic nitrogens is 1. The Morgan fingerprint density at radius 3 is 2.67 bits per heavy atom. The number of carbonyl (C=O) groups is 2. The highest BCUT2D eigenvalue weighted by Crippen LogP contribution is 2.06. The Labute approximate surface area is 125 Å². The van der Waals surface area contributed by atoms with Gasteiger partial charge < -0.3 is 15.4 Å². The fourth-order valence-electron chi connectivity index (χ4n) is 1.58. The Bertz CT molecular complexity index is 469. The molecular formula is C15H23N3O3. The van der Waals surface area contributed by atoms with Crippen LogP contribution in [0.15, 0.2) is 24.5 Å². The number of pyridine rings is 1. The molecule has 1 aromatic heterocycles. The van der Waals surface area contributed by atoms with Gasteiger partial charge in [0.25, 0.3) is 5.91 Å². The first kappa shape index (κ1) is 16.9.